The zero-order valence-electron chi connectivity index (χ0n) is 11.1. The molecule has 1 rings (SSSR count). The summed E-state index contributed by atoms with van der Waals surface area (Å²) in [5.74, 6) is -1.70. The van der Waals surface area contributed by atoms with E-state index in [0.29, 0.717) is 25.3 Å². The van der Waals surface area contributed by atoms with Crippen molar-refractivity contribution in [2.45, 2.75) is 33.1 Å². The molecule has 18 heavy (non-hydrogen) atoms. The summed E-state index contributed by atoms with van der Waals surface area (Å²) < 4.78 is 0. The highest BCUT2D eigenvalue weighted by Gasteiger charge is 2.41. The van der Waals surface area contributed by atoms with E-state index in [0.717, 1.165) is 6.42 Å². The van der Waals surface area contributed by atoms with Crippen molar-refractivity contribution in [3.63, 3.8) is 0 Å². The molecule has 5 nitrogen and oxygen atoms in total. The molecule has 0 aromatic rings. The minimum Gasteiger partial charge on any atom is -0.481 e. The summed E-state index contributed by atoms with van der Waals surface area (Å²) in [4.78, 5) is 23.1. The highest BCUT2D eigenvalue weighted by atomic mass is 16.4. The van der Waals surface area contributed by atoms with Crippen LogP contribution in [0.5, 0.6) is 0 Å². The topological polar surface area (TPSA) is 86.6 Å². The average molecular weight is 257 g/mol. The number of nitrogens with one attached hydrogen (secondary N) is 1. The summed E-state index contributed by atoms with van der Waals surface area (Å²) in [5.41, 5.74) is 0. The molecule has 104 valence electrons. The maximum atomic E-state index is 12.0. The number of carbonyl (C=O) groups is 2. The Morgan fingerprint density at radius 3 is 2.44 bits per heavy atom. The first-order valence-corrected chi connectivity index (χ1v) is 6.60. The fraction of sp³-hybridized carbons (Fsp3) is 0.846. The molecule has 4 atom stereocenters. The number of amides is 1. The monoisotopic (exact) mass is 257 g/mol. The molecule has 0 aromatic heterocycles. The van der Waals surface area contributed by atoms with Crippen LogP contribution in [-0.2, 0) is 9.59 Å². The van der Waals surface area contributed by atoms with E-state index in [2.05, 4.69) is 5.32 Å². The third-order valence-corrected chi connectivity index (χ3v) is 3.83. The van der Waals surface area contributed by atoms with E-state index in [-0.39, 0.29) is 18.4 Å². The highest BCUT2D eigenvalue weighted by Crippen LogP contribution is 2.38. The van der Waals surface area contributed by atoms with Crippen molar-refractivity contribution in [3.8, 4) is 0 Å². The predicted molar refractivity (Wildman–Crippen MR) is 66.9 cm³/mol. The minimum absolute atomic E-state index is 0.000559. The van der Waals surface area contributed by atoms with Crippen LogP contribution in [0.1, 0.15) is 33.1 Å². The van der Waals surface area contributed by atoms with Crippen LogP contribution < -0.4 is 5.32 Å². The van der Waals surface area contributed by atoms with Gasteiger partial charge >= 0.3 is 5.97 Å². The lowest BCUT2D eigenvalue weighted by molar-refractivity contribution is -0.146. The van der Waals surface area contributed by atoms with Crippen molar-refractivity contribution in [1.29, 1.82) is 0 Å². The van der Waals surface area contributed by atoms with E-state index in [1.165, 1.54) is 0 Å². The molecule has 0 bridgehead atoms. The lowest BCUT2D eigenvalue weighted by Crippen LogP contribution is -2.37. The van der Waals surface area contributed by atoms with Gasteiger partial charge in [-0.3, -0.25) is 9.59 Å². The molecule has 1 aliphatic rings. The van der Waals surface area contributed by atoms with Crippen LogP contribution in [0.2, 0.25) is 0 Å². The van der Waals surface area contributed by atoms with Gasteiger partial charge in [0.1, 0.15) is 0 Å². The van der Waals surface area contributed by atoms with Crippen LogP contribution in [0.4, 0.5) is 0 Å². The quantitative estimate of drug-likeness (QED) is 0.659. The van der Waals surface area contributed by atoms with Crippen LogP contribution >= 0.6 is 0 Å². The normalized spacial score (nSPS) is 28.9. The Bertz CT molecular complexity index is 305. The molecular formula is C13H23NO4. The Kier molecular flexibility index (Phi) is 5.59. The van der Waals surface area contributed by atoms with Gasteiger partial charge in [-0.2, -0.15) is 0 Å². The molecule has 0 heterocycles. The Labute approximate surface area is 108 Å². The highest BCUT2D eigenvalue weighted by molar-refractivity contribution is 5.85. The van der Waals surface area contributed by atoms with E-state index in [1.807, 2.05) is 13.8 Å². The maximum Gasteiger partial charge on any atom is 0.307 e. The third-order valence-electron chi connectivity index (χ3n) is 3.83. The number of hydrogen-bond acceptors (Lipinski definition) is 3. The van der Waals surface area contributed by atoms with Gasteiger partial charge in [0.15, 0.2) is 0 Å². The molecule has 0 aromatic carbocycles. The molecule has 1 fully saturated rings. The van der Waals surface area contributed by atoms with E-state index in [4.69, 9.17) is 10.2 Å². The van der Waals surface area contributed by atoms with Gasteiger partial charge in [-0.25, -0.2) is 0 Å². The standard InChI is InChI=1S/C13H23NO4/c1-3-9-4-10(11(5-9)13(17)18)12(16)14-6-8(2)7-15/h8-11,15H,3-7H2,1-2H3,(H,14,16)(H,17,18). The maximum absolute atomic E-state index is 12.0. The van der Waals surface area contributed by atoms with Crippen LogP contribution in [0.15, 0.2) is 0 Å². The van der Waals surface area contributed by atoms with E-state index >= 15 is 0 Å². The number of aliphatic carboxylic acids is 1. The summed E-state index contributed by atoms with van der Waals surface area (Å²) in [6.07, 6.45) is 2.17. The third kappa shape index (κ3) is 3.70. The largest absolute Gasteiger partial charge is 0.481 e. The summed E-state index contributed by atoms with van der Waals surface area (Å²) in [6, 6.07) is 0. The van der Waals surface area contributed by atoms with Crippen molar-refractivity contribution in [2.24, 2.45) is 23.7 Å². The van der Waals surface area contributed by atoms with Crippen LogP contribution in [0, 0.1) is 23.7 Å². The summed E-state index contributed by atoms with van der Waals surface area (Å²) in [6.45, 7) is 4.27. The van der Waals surface area contributed by atoms with Gasteiger partial charge in [0, 0.05) is 13.2 Å². The Morgan fingerprint density at radius 2 is 1.94 bits per heavy atom. The number of carboxylic acids is 1. The Balaban J connectivity index is 2.56. The molecule has 0 radical (unpaired) electrons. The average Bonchev–Trinajstić information content (AvgIpc) is 2.79. The molecule has 1 amide bonds. The van der Waals surface area contributed by atoms with Crippen molar-refractivity contribution >= 4 is 11.9 Å². The molecule has 1 saturated carbocycles. The number of rotatable bonds is 6. The second-order valence-corrected chi connectivity index (χ2v) is 5.33. The molecule has 1 aliphatic carbocycles. The molecular weight excluding hydrogens is 234 g/mol. The second-order valence-electron chi connectivity index (χ2n) is 5.33. The second kappa shape index (κ2) is 6.73. The van der Waals surface area contributed by atoms with Gasteiger partial charge < -0.3 is 15.5 Å². The molecule has 4 unspecified atom stereocenters. The molecule has 0 spiro atoms. The lowest BCUT2D eigenvalue weighted by Gasteiger charge is -2.17. The van der Waals surface area contributed by atoms with Crippen molar-refractivity contribution in [2.75, 3.05) is 13.2 Å². The fourth-order valence-corrected chi connectivity index (χ4v) is 2.51. The van der Waals surface area contributed by atoms with Gasteiger partial charge in [-0.15, -0.1) is 0 Å². The van der Waals surface area contributed by atoms with Crippen molar-refractivity contribution < 1.29 is 19.8 Å². The molecule has 3 N–H and O–H groups in total. The smallest absolute Gasteiger partial charge is 0.307 e. The van der Waals surface area contributed by atoms with Gasteiger partial charge in [0.25, 0.3) is 0 Å². The van der Waals surface area contributed by atoms with Crippen LogP contribution in [0.3, 0.4) is 0 Å². The fourth-order valence-electron chi connectivity index (χ4n) is 2.51. The molecule has 5 heteroatoms. The summed E-state index contributed by atoms with van der Waals surface area (Å²) in [7, 11) is 0. The van der Waals surface area contributed by atoms with Gasteiger partial charge in [0.2, 0.25) is 5.91 Å². The number of aliphatic hydroxyl groups is 1. The van der Waals surface area contributed by atoms with E-state index in [9.17, 15) is 9.59 Å². The zero-order chi connectivity index (χ0) is 13.7. The SMILES string of the molecule is CCC1CC(C(=O)O)C(C(=O)NCC(C)CO)C1. The number of aliphatic hydroxyl groups excluding tert-OH is 1. The number of hydrogen-bond donors (Lipinski definition) is 3. The van der Waals surface area contributed by atoms with E-state index in [1.54, 1.807) is 0 Å². The van der Waals surface area contributed by atoms with Gasteiger partial charge in [-0.05, 0) is 24.7 Å². The van der Waals surface area contributed by atoms with Crippen LogP contribution in [0.25, 0.3) is 0 Å². The van der Waals surface area contributed by atoms with Gasteiger partial charge in [-0.1, -0.05) is 20.3 Å². The Hall–Kier alpha value is -1.10. The zero-order valence-corrected chi connectivity index (χ0v) is 11.1. The van der Waals surface area contributed by atoms with Crippen LogP contribution in [-0.4, -0.2) is 35.2 Å². The molecule has 0 saturated heterocycles. The van der Waals surface area contributed by atoms with Crippen molar-refractivity contribution in [3.05, 3.63) is 0 Å². The van der Waals surface area contributed by atoms with E-state index < -0.39 is 17.8 Å². The predicted octanol–water partition coefficient (Wildman–Crippen LogP) is 0.868. The number of carboxylic acid groups (broad SMARTS) is 1. The number of carbonyl (C=O) groups excluding carboxylic acids is 1. The Morgan fingerprint density at radius 1 is 1.33 bits per heavy atom. The lowest BCUT2D eigenvalue weighted by atomic mass is 9.95. The van der Waals surface area contributed by atoms with Gasteiger partial charge in [0.05, 0.1) is 11.8 Å². The first-order valence-electron chi connectivity index (χ1n) is 6.60. The molecule has 0 aliphatic heterocycles. The first-order chi connectivity index (χ1) is 8.49. The summed E-state index contributed by atoms with van der Waals surface area (Å²) >= 11 is 0. The van der Waals surface area contributed by atoms with Crippen molar-refractivity contribution in [1.82, 2.24) is 5.32 Å². The minimum atomic E-state index is -0.874. The first kappa shape index (κ1) is 15.0. The summed E-state index contributed by atoms with van der Waals surface area (Å²) in [5, 5.41) is 20.8.